The van der Waals surface area contributed by atoms with Gasteiger partial charge in [0, 0.05) is 45.1 Å². The van der Waals surface area contributed by atoms with E-state index in [4.69, 9.17) is 20.8 Å². The van der Waals surface area contributed by atoms with Crippen LogP contribution < -0.4 is 20.7 Å². The molecule has 0 unspecified atom stereocenters. The van der Waals surface area contributed by atoms with Crippen LogP contribution in [0.3, 0.4) is 0 Å². The zero-order valence-electron chi connectivity index (χ0n) is 20.3. The molecule has 2 saturated heterocycles. The van der Waals surface area contributed by atoms with Crippen LogP contribution >= 0.6 is 0 Å². The van der Waals surface area contributed by atoms with Crippen LogP contribution in [0.5, 0.6) is 5.75 Å². The highest BCUT2D eigenvalue weighted by Crippen LogP contribution is 2.40. The third-order valence-corrected chi connectivity index (χ3v) is 7.48. The fourth-order valence-corrected chi connectivity index (χ4v) is 5.37. The van der Waals surface area contributed by atoms with Gasteiger partial charge in [-0.1, -0.05) is 0 Å². The van der Waals surface area contributed by atoms with Gasteiger partial charge in [-0.25, -0.2) is 9.78 Å². The maximum absolute atomic E-state index is 13.4. The van der Waals surface area contributed by atoms with Crippen molar-refractivity contribution in [1.82, 2.24) is 15.2 Å². The minimum atomic E-state index is -1.03. The number of pyridine rings is 1. The summed E-state index contributed by atoms with van der Waals surface area (Å²) in [5.74, 6) is 0.873. The molecule has 0 bridgehead atoms. The van der Waals surface area contributed by atoms with Crippen molar-refractivity contribution in [2.45, 2.75) is 43.7 Å². The summed E-state index contributed by atoms with van der Waals surface area (Å²) in [5, 5.41) is 20.6. The number of ether oxygens (including phenoxy) is 1. The standard InChI is InChI=1S/C26H28N6O5/c27-14-16-1-2-22-19(11-16)21(33)13-26(37-22)5-9-32(10-6-26)24(34)18-12-23(29-15-20(18)28)31-7-3-17(4-8-31)30-25(35)36/h1-2,11-12,15,17,30H,3-10,13,28H2,(H,35,36). The molecule has 37 heavy (non-hydrogen) atoms. The number of piperidine rings is 2. The van der Waals surface area contributed by atoms with Crippen LogP contribution in [0, 0.1) is 11.3 Å². The lowest BCUT2D eigenvalue weighted by Gasteiger charge is -2.44. The van der Waals surface area contributed by atoms with E-state index < -0.39 is 11.7 Å². The first-order valence-electron chi connectivity index (χ1n) is 12.3. The summed E-state index contributed by atoms with van der Waals surface area (Å²) < 4.78 is 6.27. The zero-order chi connectivity index (χ0) is 26.2. The number of nitrogen functional groups attached to an aromatic ring is 1. The maximum atomic E-state index is 13.4. The number of anilines is 2. The Balaban J connectivity index is 1.25. The highest BCUT2D eigenvalue weighted by molar-refractivity contribution is 6.01. The van der Waals surface area contributed by atoms with E-state index in [0.717, 1.165) is 0 Å². The number of hydrogen-bond acceptors (Lipinski definition) is 8. The molecular weight excluding hydrogens is 476 g/mol. The molecule has 1 aromatic carbocycles. The van der Waals surface area contributed by atoms with Crippen LogP contribution in [0.2, 0.25) is 0 Å². The van der Waals surface area contributed by atoms with Crippen molar-refractivity contribution in [2.24, 2.45) is 0 Å². The first kappa shape index (κ1) is 24.4. The average Bonchev–Trinajstić information content (AvgIpc) is 2.89. The van der Waals surface area contributed by atoms with Gasteiger partial charge in [0.25, 0.3) is 5.91 Å². The van der Waals surface area contributed by atoms with E-state index in [-0.39, 0.29) is 24.2 Å². The smallest absolute Gasteiger partial charge is 0.404 e. The van der Waals surface area contributed by atoms with Gasteiger partial charge in [-0.2, -0.15) is 5.26 Å². The number of ketones is 1. The molecule has 3 aliphatic rings. The van der Waals surface area contributed by atoms with Gasteiger partial charge >= 0.3 is 6.09 Å². The summed E-state index contributed by atoms with van der Waals surface area (Å²) >= 11 is 0. The highest BCUT2D eigenvalue weighted by atomic mass is 16.5. The Morgan fingerprint density at radius 2 is 1.92 bits per heavy atom. The Morgan fingerprint density at radius 1 is 1.19 bits per heavy atom. The molecule has 192 valence electrons. The SMILES string of the molecule is N#Cc1ccc2c(c1)C(=O)CC1(CCN(C(=O)c3cc(N4CCC(NC(=O)O)CC4)ncc3N)CC1)O2. The molecule has 3 aliphatic heterocycles. The number of benzene rings is 1. The minimum Gasteiger partial charge on any atom is -0.486 e. The number of fused-ring (bicyclic) bond motifs is 1. The molecular formula is C26H28N6O5. The molecule has 11 nitrogen and oxygen atoms in total. The fourth-order valence-electron chi connectivity index (χ4n) is 5.37. The largest absolute Gasteiger partial charge is 0.486 e. The second-order valence-corrected chi connectivity index (χ2v) is 9.84. The van der Waals surface area contributed by atoms with Crippen molar-refractivity contribution in [3.63, 3.8) is 0 Å². The van der Waals surface area contributed by atoms with E-state index in [0.29, 0.717) is 85.8 Å². The molecule has 1 aromatic heterocycles. The van der Waals surface area contributed by atoms with Crippen LogP contribution in [0.15, 0.2) is 30.5 Å². The summed E-state index contributed by atoms with van der Waals surface area (Å²) in [5.41, 5.74) is 6.99. The Labute approximate surface area is 213 Å². The topological polar surface area (TPSA) is 162 Å². The summed E-state index contributed by atoms with van der Waals surface area (Å²) in [6, 6.07) is 8.53. The van der Waals surface area contributed by atoms with Crippen LogP contribution in [0.4, 0.5) is 16.3 Å². The van der Waals surface area contributed by atoms with Crippen LogP contribution in [-0.4, -0.2) is 70.6 Å². The fraction of sp³-hybridized carbons (Fsp3) is 0.423. The van der Waals surface area contributed by atoms with Gasteiger partial charge in [0.2, 0.25) is 0 Å². The Hall–Kier alpha value is -4.33. The molecule has 5 rings (SSSR count). The Kier molecular flexibility index (Phi) is 6.33. The van der Waals surface area contributed by atoms with Crippen molar-refractivity contribution in [3.8, 4) is 11.8 Å². The number of carbonyl (C=O) groups excluding carboxylic acids is 2. The van der Waals surface area contributed by atoms with Gasteiger partial charge in [-0.15, -0.1) is 0 Å². The van der Waals surface area contributed by atoms with Crippen molar-refractivity contribution in [3.05, 3.63) is 47.2 Å². The monoisotopic (exact) mass is 504 g/mol. The van der Waals surface area contributed by atoms with Crippen molar-refractivity contribution < 1.29 is 24.2 Å². The Morgan fingerprint density at radius 3 is 2.59 bits per heavy atom. The first-order valence-corrected chi connectivity index (χ1v) is 12.3. The third-order valence-electron chi connectivity index (χ3n) is 7.48. The van der Waals surface area contributed by atoms with E-state index in [2.05, 4.69) is 10.3 Å². The van der Waals surface area contributed by atoms with Crippen LogP contribution in [0.1, 0.15) is 58.4 Å². The van der Waals surface area contributed by atoms with Gasteiger partial charge < -0.3 is 30.7 Å². The summed E-state index contributed by atoms with van der Waals surface area (Å²) in [7, 11) is 0. The second-order valence-electron chi connectivity index (χ2n) is 9.84. The van der Waals surface area contributed by atoms with E-state index in [1.807, 2.05) is 11.0 Å². The lowest BCUT2D eigenvalue weighted by molar-refractivity contribution is -0.00569. The van der Waals surface area contributed by atoms with E-state index in [1.54, 1.807) is 29.2 Å². The predicted octanol–water partition coefficient (Wildman–Crippen LogP) is 2.41. The third kappa shape index (κ3) is 4.87. The normalized spacial score (nSPS) is 19.1. The molecule has 2 fully saturated rings. The number of nitriles is 1. The maximum Gasteiger partial charge on any atom is 0.404 e. The quantitative estimate of drug-likeness (QED) is 0.570. The van der Waals surface area contributed by atoms with Gasteiger partial charge in [0.05, 0.1) is 41.1 Å². The average molecular weight is 505 g/mol. The van der Waals surface area contributed by atoms with Gasteiger partial charge in [0.15, 0.2) is 5.78 Å². The number of amides is 2. The number of carbonyl (C=O) groups is 3. The number of hydrogen-bond donors (Lipinski definition) is 3. The minimum absolute atomic E-state index is 0.0523. The number of nitrogens with one attached hydrogen (secondary N) is 1. The number of carboxylic acid groups (broad SMARTS) is 1. The van der Waals surface area contributed by atoms with Crippen LogP contribution in [0.25, 0.3) is 0 Å². The lowest BCUT2D eigenvalue weighted by atomic mass is 9.82. The molecule has 0 saturated carbocycles. The molecule has 0 aliphatic carbocycles. The van der Waals surface area contributed by atoms with Crippen LogP contribution in [-0.2, 0) is 0 Å². The number of aromatic nitrogens is 1. The number of nitrogens with two attached hydrogens (primary N) is 1. The highest BCUT2D eigenvalue weighted by Gasteiger charge is 2.44. The van der Waals surface area contributed by atoms with Gasteiger partial charge in [-0.3, -0.25) is 9.59 Å². The Bertz CT molecular complexity index is 1290. The first-order chi connectivity index (χ1) is 17.8. The molecule has 11 heteroatoms. The van der Waals surface area contributed by atoms with Gasteiger partial charge in [0.1, 0.15) is 17.2 Å². The van der Waals surface area contributed by atoms with E-state index >= 15 is 0 Å². The van der Waals surface area contributed by atoms with Crippen molar-refractivity contribution >= 4 is 29.3 Å². The zero-order valence-corrected chi connectivity index (χ0v) is 20.3. The lowest BCUT2D eigenvalue weighted by Crippen LogP contribution is -2.52. The molecule has 1 spiro atoms. The number of Topliss-reactive ketones (excluding diaryl/α,β-unsaturated/α-hetero) is 1. The molecule has 4 N–H and O–H groups in total. The van der Waals surface area contributed by atoms with E-state index in [1.165, 1.54) is 6.20 Å². The van der Waals surface area contributed by atoms with Crippen molar-refractivity contribution in [2.75, 3.05) is 36.8 Å². The second kappa shape index (κ2) is 9.61. The summed E-state index contributed by atoms with van der Waals surface area (Å²) in [4.78, 5) is 45.3. The number of rotatable bonds is 3. The van der Waals surface area contributed by atoms with E-state index in [9.17, 15) is 14.4 Å². The molecule has 0 radical (unpaired) electrons. The number of likely N-dealkylation sites (tertiary alicyclic amines) is 1. The summed E-state index contributed by atoms with van der Waals surface area (Å²) in [6.45, 7) is 2.07. The van der Waals surface area contributed by atoms with Gasteiger partial charge in [-0.05, 0) is 37.1 Å². The van der Waals surface area contributed by atoms with Crippen molar-refractivity contribution in [1.29, 1.82) is 5.26 Å². The summed E-state index contributed by atoms with van der Waals surface area (Å²) in [6.07, 6.45) is 2.99. The molecule has 4 heterocycles. The number of nitrogens with zero attached hydrogens (tertiary/aromatic N) is 4. The predicted molar refractivity (Wildman–Crippen MR) is 134 cm³/mol. The molecule has 2 amide bonds. The molecule has 2 aromatic rings. The molecule has 0 atom stereocenters.